The van der Waals surface area contributed by atoms with E-state index in [9.17, 15) is 20.1 Å². The molecule has 2 fully saturated rings. The fourth-order valence-corrected chi connectivity index (χ4v) is 5.76. The van der Waals surface area contributed by atoms with E-state index in [2.05, 4.69) is 34.6 Å². The molecule has 0 bridgehead atoms. The molecular weight excluding hydrogens is 540 g/mol. The van der Waals surface area contributed by atoms with Gasteiger partial charge >= 0.3 is 5.97 Å². The van der Waals surface area contributed by atoms with Crippen LogP contribution in [0.5, 0.6) is 0 Å². The molecule has 0 aliphatic carbocycles. The minimum atomic E-state index is -1.30. The zero-order chi connectivity index (χ0) is 29.2. The van der Waals surface area contributed by atoms with Crippen LogP contribution in [0.15, 0.2) is 67.0 Å². The first-order valence-electron chi connectivity index (χ1n) is 14.0. The van der Waals surface area contributed by atoms with Crippen molar-refractivity contribution in [3.05, 3.63) is 78.1 Å². The van der Waals surface area contributed by atoms with E-state index in [0.29, 0.717) is 49.0 Å². The minimum Gasteiger partial charge on any atom is -0.469 e. The molecule has 4 aromatic rings. The van der Waals surface area contributed by atoms with Crippen molar-refractivity contribution in [1.29, 1.82) is 0 Å². The SMILES string of the molecule is COC(=O)C1CCN(c2nc(NCC(c3ccccc3)c3ccccc3)c3ncn([C@@H]4O[C@H](CO)[C@@H](O)[C@H]4O)c3n2)C1. The maximum absolute atomic E-state index is 12.2. The summed E-state index contributed by atoms with van der Waals surface area (Å²) in [5.74, 6) is 0.317. The lowest BCUT2D eigenvalue weighted by Gasteiger charge is -2.22. The van der Waals surface area contributed by atoms with E-state index in [1.165, 1.54) is 13.4 Å². The van der Waals surface area contributed by atoms with Crippen LogP contribution in [0.25, 0.3) is 11.2 Å². The van der Waals surface area contributed by atoms with Crippen LogP contribution in [-0.4, -0.2) is 92.5 Å². The van der Waals surface area contributed by atoms with Crippen molar-refractivity contribution in [2.45, 2.75) is 36.9 Å². The Morgan fingerprint density at radius 2 is 1.76 bits per heavy atom. The molecule has 5 atom stereocenters. The summed E-state index contributed by atoms with van der Waals surface area (Å²) in [6.07, 6.45) is -2.44. The number of methoxy groups -OCH3 is 1. The van der Waals surface area contributed by atoms with Gasteiger partial charge in [0.05, 0.1) is 26.0 Å². The number of fused-ring (bicyclic) bond motifs is 1. The second kappa shape index (κ2) is 12.0. The third-order valence-electron chi connectivity index (χ3n) is 8.08. The number of imidazole rings is 1. The number of ether oxygens (including phenoxy) is 2. The van der Waals surface area contributed by atoms with Gasteiger partial charge in [-0.2, -0.15) is 9.97 Å². The van der Waals surface area contributed by atoms with Gasteiger partial charge in [-0.3, -0.25) is 9.36 Å². The second-order valence-electron chi connectivity index (χ2n) is 10.6. The number of esters is 1. The highest BCUT2D eigenvalue weighted by atomic mass is 16.6. The second-order valence-corrected chi connectivity index (χ2v) is 10.6. The molecule has 12 nitrogen and oxygen atoms in total. The largest absolute Gasteiger partial charge is 0.469 e. The fraction of sp³-hybridized carbons (Fsp3) is 0.400. The third-order valence-corrected chi connectivity index (χ3v) is 8.08. The lowest BCUT2D eigenvalue weighted by Crippen LogP contribution is -2.33. The molecule has 0 spiro atoms. The van der Waals surface area contributed by atoms with Gasteiger partial charge in [0, 0.05) is 25.6 Å². The van der Waals surface area contributed by atoms with E-state index in [-0.39, 0.29) is 17.8 Å². The average Bonchev–Trinajstić information content (AvgIpc) is 3.76. The van der Waals surface area contributed by atoms with Gasteiger partial charge in [0.25, 0.3) is 0 Å². The molecule has 12 heteroatoms. The van der Waals surface area contributed by atoms with E-state index in [4.69, 9.17) is 19.4 Å². The maximum atomic E-state index is 12.2. The van der Waals surface area contributed by atoms with E-state index < -0.39 is 31.1 Å². The number of nitrogens with zero attached hydrogens (tertiary/aromatic N) is 5. The van der Waals surface area contributed by atoms with Gasteiger partial charge in [-0.05, 0) is 17.5 Å². The number of hydrogen-bond acceptors (Lipinski definition) is 11. The predicted molar refractivity (Wildman–Crippen MR) is 154 cm³/mol. The third kappa shape index (κ3) is 5.29. The van der Waals surface area contributed by atoms with Crippen LogP contribution >= 0.6 is 0 Å². The summed E-state index contributed by atoms with van der Waals surface area (Å²) in [7, 11) is 1.38. The number of aliphatic hydroxyl groups excluding tert-OH is 3. The quantitative estimate of drug-likeness (QED) is 0.216. The molecule has 2 aromatic heterocycles. The molecule has 0 radical (unpaired) electrons. The van der Waals surface area contributed by atoms with Crippen molar-refractivity contribution >= 4 is 28.9 Å². The molecule has 4 N–H and O–H groups in total. The molecule has 4 heterocycles. The fourth-order valence-electron chi connectivity index (χ4n) is 5.76. The van der Waals surface area contributed by atoms with Crippen molar-refractivity contribution in [3.63, 3.8) is 0 Å². The first-order valence-corrected chi connectivity index (χ1v) is 14.0. The van der Waals surface area contributed by atoms with Crippen LogP contribution in [0.3, 0.4) is 0 Å². The zero-order valence-electron chi connectivity index (χ0n) is 23.2. The van der Waals surface area contributed by atoms with E-state index >= 15 is 0 Å². The number of rotatable bonds is 9. The molecule has 0 amide bonds. The Bertz CT molecular complexity index is 1480. The lowest BCUT2D eigenvalue weighted by molar-refractivity contribution is -0.144. The standard InChI is InChI=1S/C30H34N6O6/c1-41-29(40)20-12-13-35(15-20)30-33-26(31-14-21(18-8-4-2-5-9-18)19-10-6-3-7-11-19)23-27(34-30)36(17-32-23)28-25(39)24(38)22(16-37)42-28/h2-11,17,20-22,24-25,28,37-39H,12-16H2,1H3,(H,31,33,34)/t20?,22-,24-,25-,28-/m1/s1. The Morgan fingerprint density at radius 3 is 2.38 bits per heavy atom. The molecule has 6 rings (SSSR count). The number of anilines is 2. The topological polar surface area (TPSA) is 155 Å². The normalized spacial score (nSPS) is 24.0. The lowest BCUT2D eigenvalue weighted by atomic mass is 9.91. The molecular formula is C30H34N6O6. The van der Waals surface area contributed by atoms with E-state index in [1.54, 1.807) is 4.57 Å². The Kier molecular flexibility index (Phi) is 8.02. The predicted octanol–water partition coefficient (Wildman–Crippen LogP) is 1.68. The zero-order valence-corrected chi connectivity index (χ0v) is 23.2. The number of aromatic nitrogens is 4. The monoisotopic (exact) mass is 574 g/mol. The number of hydrogen-bond donors (Lipinski definition) is 4. The van der Waals surface area contributed by atoms with Gasteiger partial charge in [0.15, 0.2) is 23.2 Å². The van der Waals surface area contributed by atoms with Crippen molar-refractivity contribution in [3.8, 4) is 0 Å². The Balaban J connectivity index is 1.38. The summed E-state index contributed by atoms with van der Waals surface area (Å²) in [5, 5.41) is 34.2. The number of benzene rings is 2. The molecule has 2 aliphatic rings. The highest BCUT2D eigenvalue weighted by Crippen LogP contribution is 2.34. The molecule has 2 aliphatic heterocycles. The van der Waals surface area contributed by atoms with Crippen LogP contribution < -0.4 is 10.2 Å². The van der Waals surface area contributed by atoms with Crippen molar-refractivity contribution < 1.29 is 29.6 Å². The molecule has 2 saturated heterocycles. The van der Waals surface area contributed by atoms with Gasteiger partial charge in [0.1, 0.15) is 18.3 Å². The average molecular weight is 575 g/mol. The highest BCUT2D eigenvalue weighted by Gasteiger charge is 2.44. The summed E-state index contributed by atoms with van der Waals surface area (Å²) < 4.78 is 12.3. The molecule has 2 aromatic carbocycles. The number of carbonyl (C=O) groups excluding carboxylic acids is 1. The minimum absolute atomic E-state index is 0.0129. The number of aliphatic hydroxyl groups is 3. The van der Waals surface area contributed by atoms with Gasteiger partial charge in [0.2, 0.25) is 5.95 Å². The summed E-state index contributed by atoms with van der Waals surface area (Å²) in [6, 6.07) is 20.4. The van der Waals surface area contributed by atoms with Crippen LogP contribution in [0.4, 0.5) is 11.8 Å². The van der Waals surface area contributed by atoms with E-state index in [1.807, 2.05) is 41.3 Å². The van der Waals surface area contributed by atoms with Gasteiger partial charge in [-0.1, -0.05) is 60.7 Å². The van der Waals surface area contributed by atoms with Crippen LogP contribution in [-0.2, 0) is 14.3 Å². The smallest absolute Gasteiger partial charge is 0.310 e. The van der Waals surface area contributed by atoms with E-state index in [0.717, 1.165) is 11.1 Å². The number of carbonyl (C=O) groups is 1. The van der Waals surface area contributed by atoms with Crippen LogP contribution in [0.1, 0.15) is 29.7 Å². The highest BCUT2D eigenvalue weighted by molar-refractivity contribution is 5.85. The molecule has 42 heavy (non-hydrogen) atoms. The summed E-state index contributed by atoms with van der Waals surface area (Å²) in [6.45, 7) is 1.02. The van der Waals surface area contributed by atoms with Gasteiger partial charge in [-0.25, -0.2) is 4.98 Å². The van der Waals surface area contributed by atoms with Crippen LogP contribution in [0.2, 0.25) is 0 Å². The van der Waals surface area contributed by atoms with Crippen molar-refractivity contribution in [2.24, 2.45) is 5.92 Å². The van der Waals surface area contributed by atoms with Crippen LogP contribution in [0, 0.1) is 5.92 Å². The van der Waals surface area contributed by atoms with Gasteiger partial charge in [-0.15, -0.1) is 0 Å². The molecule has 220 valence electrons. The molecule has 1 unspecified atom stereocenters. The Morgan fingerprint density at radius 1 is 1.07 bits per heavy atom. The van der Waals surface area contributed by atoms with Crippen molar-refractivity contribution in [2.75, 3.05) is 43.6 Å². The summed E-state index contributed by atoms with van der Waals surface area (Å²) in [4.78, 5) is 28.4. The first kappa shape index (κ1) is 28.0. The van der Waals surface area contributed by atoms with Gasteiger partial charge < -0.3 is 35.0 Å². The summed E-state index contributed by atoms with van der Waals surface area (Å²) in [5.41, 5.74) is 3.12. The Hall–Kier alpha value is -4.10. The Labute approximate surface area is 242 Å². The van der Waals surface area contributed by atoms with Crippen molar-refractivity contribution in [1.82, 2.24) is 19.5 Å². The summed E-state index contributed by atoms with van der Waals surface area (Å²) >= 11 is 0. The first-order chi connectivity index (χ1) is 20.5. The molecule has 0 saturated carbocycles. The maximum Gasteiger partial charge on any atom is 0.310 e. The number of nitrogens with one attached hydrogen (secondary N) is 1.